The Labute approximate surface area is 114 Å². The third kappa shape index (κ3) is 3.15. The summed E-state index contributed by atoms with van der Waals surface area (Å²) in [6.07, 6.45) is 4.65. The van der Waals surface area contributed by atoms with Gasteiger partial charge < -0.3 is 15.0 Å². The molecule has 0 spiro atoms. The van der Waals surface area contributed by atoms with Gasteiger partial charge in [0.05, 0.1) is 0 Å². The second kappa shape index (κ2) is 6.38. The number of nitrogens with zero attached hydrogens (tertiary/aromatic N) is 2. The Morgan fingerprint density at radius 3 is 2.84 bits per heavy atom. The lowest BCUT2D eigenvalue weighted by atomic mass is 10.0. The van der Waals surface area contributed by atoms with Crippen LogP contribution in [0.3, 0.4) is 0 Å². The van der Waals surface area contributed by atoms with Gasteiger partial charge in [0, 0.05) is 30.5 Å². The summed E-state index contributed by atoms with van der Waals surface area (Å²) < 4.78 is 7.96. The van der Waals surface area contributed by atoms with Crippen LogP contribution in [0.1, 0.15) is 37.7 Å². The monoisotopic (exact) mass is 259 g/mol. The summed E-state index contributed by atoms with van der Waals surface area (Å²) in [5, 5.41) is 0. The number of aryl methyl sites for hydroxylation is 1. The van der Waals surface area contributed by atoms with E-state index in [1.165, 1.54) is 0 Å². The lowest BCUT2D eigenvalue weighted by Crippen LogP contribution is -2.12. The first-order valence-electron chi connectivity index (χ1n) is 6.73. The molecule has 0 aliphatic heterocycles. The maximum atomic E-state index is 6.10. The number of rotatable bonds is 6. The van der Waals surface area contributed by atoms with Gasteiger partial charge in [-0.3, -0.25) is 0 Å². The van der Waals surface area contributed by atoms with Crippen molar-refractivity contribution in [3.63, 3.8) is 0 Å². The molecule has 0 radical (unpaired) electrons. The molecular weight excluding hydrogens is 238 g/mol. The van der Waals surface area contributed by atoms with Crippen molar-refractivity contribution >= 4 is 0 Å². The Balaban J connectivity index is 2.11. The number of aromatic nitrogens is 2. The van der Waals surface area contributed by atoms with Crippen LogP contribution >= 0.6 is 0 Å². The normalized spacial score (nSPS) is 12.4. The lowest BCUT2D eigenvalue weighted by Gasteiger charge is -2.15. The molecule has 1 aromatic heterocycles. The van der Waals surface area contributed by atoms with E-state index >= 15 is 0 Å². The first kappa shape index (κ1) is 13.6. The SMILES string of the molecule is CC[C@H](N)c1ccccc1OCc1nccn1CC. The van der Waals surface area contributed by atoms with Crippen molar-refractivity contribution in [2.45, 2.75) is 39.5 Å². The van der Waals surface area contributed by atoms with Crippen LogP contribution in [0.25, 0.3) is 0 Å². The minimum Gasteiger partial charge on any atom is -0.485 e. The van der Waals surface area contributed by atoms with E-state index in [2.05, 4.69) is 23.4 Å². The van der Waals surface area contributed by atoms with E-state index in [4.69, 9.17) is 10.5 Å². The van der Waals surface area contributed by atoms with Crippen LogP contribution in [0.4, 0.5) is 0 Å². The van der Waals surface area contributed by atoms with Crippen molar-refractivity contribution in [1.29, 1.82) is 0 Å². The molecule has 0 aliphatic rings. The molecule has 4 nitrogen and oxygen atoms in total. The van der Waals surface area contributed by atoms with Crippen molar-refractivity contribution in [2.24, 2.45) is 5.73 Å². The van der Waals surface area contributed by atoms with Crippen LogP contribution in [-0.2, 0) is 13.2 Å². The second-order valence-electron chi connectivity index (χ2n) is 4.47. The van der Waals surface area contributed by atoms with Gasteiger partial charge in [-0.2, -0.15) is 0 Å². The molecular formula is C15H21N3O. The molecule has 0 bridgehead atoms. The quantitative estimate of drug-likeness (QED) is 0.867. The van der Waals surface area contributed by atoms with Crippen LogP contribution in [0.2, 0.25) is 0 Å². The molecule has 2 N–H and O–H groups in total. The predicted molar refractivity (Wildman–Crippen MR) is 75.9 cm³/mol. The van der Waals surface area contributed by atoms with Crippen molar-refractivity contribution in [2.75, 3.05) is 0 Å². The average molecular weight is 259 g/mol. The fourth-order valence-electron chi connectivity index (χ4n) is 2.05. The van der Waals surface area contributed by atoms with Gasteiger partial charge in [-0.15, -0.1) is 0 Å². The Morgan fingerprint density at radius 1 is 1.32 bits per heavy atom. The average Bonchev–Trinajstić information content (AvgIpc) is 2.92. The molecule has 4 heteroatoms. The van der Waals surface area contributed by atoms with Crippen molar-refractivity contribution in [3.8, 4) is 5.75 Å². The van der Waals surface area contributed by atoms with Gasteiger partial charge in [-0.25, -0.2) is 4.98 Å². The fourth-order valence-corrected chi connectivity index (χ4v) is 2.05. The molecule has 0 aliphatic carbocycles. The predicted octanol–water partition coefficient (Wildman–Crippen LogP) is 2.89. The summed E-state index contributed by atoms with van der Waals surface area (Å²) in [4.78, 5) is 4.30. The molecule has 0 saturated heterocycles. The maximum Gasteiger partial charge on any atom is 0.146 e. The van der Waals surface area contributed by atoms with Gasteiger partial charge in [0.1, 0.15) is 18.2 Å². The minimum atomic E-state index is 0.0159. The van der Waals surface area contributed by atoms with Gasteiger partial charge in [-0.1, -0.05) is 25.1 Å². The topological polar surface area (TPSA) is 53.1 Å². The first-order valence-corrected chi connectivity index (χ1v) is 6.73. The van der Waals surface area contributed by atoms with Crippen molar-refractivity contribution < 1.29 is 4.74 Å². The molecule has 1 aromatic carbocycles. The number of hydrogen-bond donors (Lipinski definition) is 1. The van der Waals surface area contributed by atoms with Gasteiger partial charge in [0.15, 0.2) is 0 Å². The maximum absolute atomic E-state index is 6.10. The van der Waals surface area contributed by atoms with Gasteiger partial charge in [0.25, 0.3) is 0 Å². The zero-order valence-electron chi connectivity index (χ0n) is 11.5. The molecule has 2 rings (SSSR count). The number of para-hydroxylation sites is 1. The molecule has 2 aromatic rings. The highest BCUT2D eigenvalue weighted by atomic mass is 16.5. The van der Waals surface area contributed by atoms with Crippen LogP contribution in [0.5, 0.6) is 5.75 Å². The highest BCUT2D eigenvalue weighted by Gasteiger charge is 2.10. The summed E-state index contributed by atoms with van der Waals surface area (Å²) in [5.41, 5.74) is 7.15. The van der Waals surface area contributed by atoms with E-state index in [1.807, 2.05) is 30.5 Å². The Bertz CT molecular complexity index is 522. The summed E-state index contributed by atoms with van der Waals surface area (Å²) in [7, 11) is 0. The number of hydrogen-bond acceptors (Lipinski definition) is 3. The number of nitrogens with two attached hydrogens (primary N) is 1. The van der Waals surface area contributed by atoms with E-state index in [9.17, 15) is 0 Å². The minimum absolute atomic E-state index is 0.0159. The van der Waals surface area contributed by atoms with Crippen LogP contribution < -0.4 is 10.5 Å². The van der Waals surface area contributed by atoms with Gasteiger partial charge in [-0.05, 0) is 19.4 Å². The Morgan fingerprint density at radius 2 is 2.11 bits per heavy atom. The molecule has 0 unspecified atom stereocenters. The molecule has 0 amide bonds. The Hall–Kier alpha value is -1.81. The van der Waals surface area contributed by atoms with Crippen LogP contribution in [-0.4, -0.2) is 9.55 Å². The molecule has 102 valence electrons. The molecule has 1 heterocycles. The number of benzene rings is 1. The second-order valence-corrected chi connectivity index (χ2v) is 4.47. The zero-order chi connectivity index (χ0) is 13.7. The first-order chi connectivity index (χ1) is 9.26. The van der Waals surface area contributed by atoms with Gasteiger partial charge >= 0.3 is 0 Å². The highest BCUT2D eigenvalue weighted by Crippen LogP contribution is 2.25. The van der Waals surface area contributed by atoms with E-state index < -0.39 is 0 Å². The summed E-state index contributed by atoms with van der Waals surface area (Å²) in [5.74, 6) is 1.78. The smallest absolute Gasteiger partial charge is 0.146 e. The van der Waals surface area contributed by atoms with Crippen LogP contribution in [0.15, 0.2) is 36.7 Å². The largest absolute Gasteiger partial charge is 0.485 e. The zero-order valence-corrected chi connectivity index (χ0v) is 11.5. The number of ether oxygens (including phenoxy) is 1. The number of imidazole rings is 1. The summed E-state index contributed by atoms with van der Waals surface area (Å²) in [6.45, 7) is 5.53. The summed E-state index contributed by atoms with van der Waals surface area (Å²) in [6, 6.07) is 7.96. The third-order valence-electron chi connectivity index (χ3n) is 3.26. The molecule has 0 saturated carbocycles. The van der Waals surface area contributed by atoms with E-state index in [0.717, 1.165) is 30.1 Å². The van der Waals surface area contributed by atoms with E-state index in [0.29, 0.717) is 6.61 Å². The van der Waals surface area contributed by atoms with E-state index in [1.54, 1.807) is 6.20 Å². The van der Waals surface area contributed by atoms with Crippen molar-refractivity contribution in [1.82, 2.24) is 9.55 Å². The highest BCUT2D eigenvalue weighted by molar-refractivity contribution is 5.35. The standard InChI is InChI=1S/C15H21N3O/c1-3-13(16)12-7-5-6-8-14(12)19-11-15-17-9-10-18(15)4-2/h5-10,13H,3-4,11,16H2,1-2H3/t13-/m0/s1. The molecule has 19 heavy (non-hydrogen) atoms. The van der Waals surface area contributed by atoms with E-state index in [-0.39, 0.29) is 6.04 Å². The van der Waals surface area contributed by atoms with Gasteiger partial charge in [0.2, 0.25) is 0 Å². The molecule has 0 fully saturated rings. The molecule has 1 atom stereocenters. The van der Waals surface area contributed by atoms with Crippen molar-refractivity contribution in [3.05, 3.63) is 48.0 Å². The fraction of sp³-hybridized carbons (Fsp3) is 0.400. The van der Waals surface area contributed by atoms with Crippen LogP contribution in [0, 0.1) is 0 Å². The summed E-state index contributed by atoms with van der Waals surface area (Å²) >= 11 is 0. The third-order valence-corrected chi connectivity index (χ3v) is 3.26. The lowest BCUT2D eigenvalue weighted by molar-refractivity contribution is 0.285. The Kier molecular flexibility index (Phi) is 4.58.